The maximum atomic E-state index is 12.5. The van der Waals surface area contributed by atoms with Gasteiger partial charge in [0.2, 0.25) is 5.91 Å². The van der Waals surface area contributed by atoms with Gasteiger partial charge in [-0.1, -0.05) is 42.5 Å². The van der Waals surface area contributed by atoms with Gasteiger partial charge in [-0.15, -0.1) is 0 Å². The molecule has 0 saturated heterocycles. The van der Waals surface area contributed by atoms with Crippen molar-refractivity contribution in [2.24, 2.45) is 7.05 Å². The molecule has 0 unspecified atom stereocenters. The summed E-state index contributed by atoms with van der Waals surface area (Å²) >= 11 is 0. The fourth-order valence-corrected chi connectivity index (χ4v) is 3.96. The third kappa shape index (κ3) is 4.10. The fraction of sp³-hybridized carbons (Fsp3) is 0.160. The van der Waals surface area contributed by atoms with E-state index in [1.165, 1.54) is 0 Å². The van der Waals surface area contributed by atoms with Crippen molar-refractivity contribution in [3.63, 3.8) is 0 Å². The molecule has 0 atom stereocenters. The second-order valence-corrected chi connectivity index (χ2v) is 7.81. The number of hydrogen-bond donors (Lipinski definition) is 2. The molecular weight excluding hydrogens is 418 g/mol. The van der Waals surface area contributed by atoms with Gasteiger partial charge in [0.05, 0.1) is 35.9 Å². The Bertz CT molecular complexity index is 1450. The molecule has 0 aliphatic rings. The molecule has 0 aliphatic heterocycles. The van der Waals surface area contributed by atoms with Gasteiger partial charge in [-0.3, -0.25) is 9.59 Å². The zero-order valence-corrected chi connectivity index (χ0v) is 18.1. The molecule has 3 heterocycles. The molecule has 8 heteroatoms. The first-order chi connectivity index (χ1) is 16.1. The van der Waals surface area contributed by atoms with Gasteiger partial charge >= 0.3 is 0 Å². The Morgan fingerprint density at radius 3 is 2.58 bits per heavy atom. The second kappa shape index (κ2) is 8.66. The van der Waals surface area contributed by atoms with Gasteiger partial charge in [0.1, 0.15) is 11.5 Å². The molecule has 0 spiro atoms. The highest BCUT2D eigenvalue weighted by molar-refractivity contribution is 5.99. The third-order valence-electron chi connectivity index (χ3n) is 5.67. The molecule has 2 aromatic carbocycles. The largest absolute Gasteiger partial charge is 0.463 e. The van der Waals surface area contributed by atoms with Crippen LogP contribution >= 0.6 is 0 Å². The van der Waals surface area contributed by atoms with Crippen LogP contribution in [0.15, 0.2) is 77.4 Å². The van der Waals surface area contributed by atoms with Crippen LogP contribution in [0.3, 0.4) is 0 Å². The standard InChI is InChI=1S/C25H23N5O3/c1-29-20-11-12-33-22(20)13-21(29)25(32)27-15-24(31)26-14-23-28-18-9-5-6-10-19(18)30(23)16-17-7-3-2-4-8-17/h2-13H,14-16H2,1H3,(H,26,31)(H,27,32). The van der Waals surface area contributed by atoms with Crippen molar-refractivity contribution >= 4 is 33.9 Å². The number of aryl methyl sites for hydroxylation is 1. The van der Waals surface area contributed by atoms with Crippen molar-refractivity contribution in [1.29, 1.82) is 0 Å². The Kier molecular flexibility index (Phi) is 5.40. The molecule has 0 radical (unpaired) electrons. The minimum absolute atomic E-state index is 0.135. The summed E-state index contributed by atoms with van der Waals surface area (Å²) in [7, 11) is 1.78. The van der Waals surface area contributed by atoms with Crippen LogP contribution in [0, 0.1) is 0 Å². The number of rotatable bonds is 7. The van der Waals surface area contributed by atoms with Crippen molar-refractivity contribution in [3.05, 3.63) is 90.1 Å². The van der Waals surface area contributed by atoms with Crippen molar-refractivity contribution in [3.8, 4) is 0 Å². The molecule has 8 nitrogen and oxygen atoms in total. The van der Waals surface area contributed by atoms with E-state index in [0.29, 0.717) is 17.8 Å². The summed E-state index contributed by atoms with van der Waals surface area (Å²) in [5, 5.41) is 5.53. The van der Waals surface area contributed by atoms with Crippen LogP contribution < -0.4 is 10.6 Å². The van der Waals surface area contributed by atoms with E-state index in [-0.39, 0.29) is 24.9 Å². The molecule has 5 aromatic rings. The molecule has 3 aromatic heterocycles. The van der Waals surface area contributed by atoms with Crippen LogP contribution in [0.5, 0.6) is 0 Å². The first kappa shape index (κ1) is 20.6. The van der Waals surface area contributed by atoms with E-state index in [2.05, 4.69) is 27.3 Å². The lowest BCUT2D eigenvalue weighted by Crippen LogP contribution is -2.37. The highest BCUT2D eigenvalue weighted by atomic mass is 16.3. The number of furan rings is 1. The van der Waals surface area contributed by atoms with Crippen molar-refractivity contribution in [2.45, 2.75) is 13.1 Å². The monoisotopic (exact) mass is 441 g/mol. The van der Waals surface area contributed by atoms with Gasteiger partial charge in [0.25, 0.3) is 5.91 Å². The molecular formula is C25H23N5O3. The Hall–Kier alpha value is -4.33. The lowest BCUT2D eigenvalue weighted by Gasteiger charge is -2.11. The molecule has 0 aliphatic carbocycles. The Balaban J connectivity index is 1.25. The van der Waals surface area contributed by atoms with Gasteiger partial charge in [0.15, 0.2) is 5.58 Å². The molecule has 2 amide bonds. The average molecular weight is 441 g/mol. The van der Waals surface area contributed by atoms with Gasteiger partial charge in [-0.25, -0.2) is 4.98 Å². The van der Waals surface area contributed by atoms with Gasteiger partial charge in [-0.2, -0.15) is 0 Å². The third-order valence-corrected chi connectivity index (χ3v) is 5.67. The quantitative estimate of drug-likeness (QED) is 0.406. The zero-order valence-electron chi connectivity index (χ0n) is 18.1. The number of benzene rings is 2. The summed E-state index contributed by atoms with van der Waals surface area (Å²) in [5.41, 5.74) is 4.91. The summed E-state index contributed by atoms with van der Waals surface area (Å²) in [6, 6.07) is 21.5. The predicted octanol–water partition coefficient (Wildman–Crippen LogP) is 3.22. The van der Waals surface area contributed by atoms with Crippen molar-refractivity contribution < 1.29 is 14.0 Å². The number of fused-ring (bicyclic) bond motifs is 2. The van der Waals surface area contributed by atoms with Crippen molar-refractivity contribution in [2.75, 3.05) is 6.54 Å². The minimum Gasteiger partial charge on any atom is -0.463 e. The number of nitrogens with one attached hydrogen (secondary N) is 2. The summed E-state index contributed by atoms with van der Waals surface area (Å²) in [4.78, 5) is 29.7. The van der Waals surface area contributed by atoms with Crippen LogP contribution in [0.1, 0.15) is 21.9 Å². The second-order valence-electron chi connectivity index (χ2n) is 7.81. The molecule has 5 rings (SSSR count). The molecule has 2 N–H and O–H groups in total. The Labute approximate surface area is 189 Å². The fourth-order valence-electron chi connectivity index (χ4n) is 3.96. The van der Waals surface area contributed by atoms with Gasteiger partial charge in [-0.05, 0) is 17.7 Å². The van der Waals surface area contributed by atoms with E-state index in [0.717, 1.165) is 27.9 Å². The highest BCUT2D eigenvalue weighted by Crippen LogP contribution is 2.20. The van der Waals surface area contributed by atoms with E-state index in [1.54, 1.807) is 30.0 Å². The Morgan fingerprint density at radius 1 is 0.970 bits per heavy atom. The van der Waals surface area contributed by atoms with Crippen molar-refractivity contribution in [1.82, 2.24) is 24.8 Å². The maximum Gasteiger partial charge on any atom is 0.268 e. The Morgan fingerprint density at radius 2 is 1.76 bits per heavy atom. The number of aromatic nitrogens is 3. The normalized spacial score (nSPS) is 11.2. The predicted molar refractivity (Wildman–Crippen MR) is 125 cm³/mol. The molecule has 0 bridgehead atoms. The number of nitrogens with zero attached hydrogens (tertiary/aromatic N) is 3. The summed E-state index contributed by atoms with van der Waals surface area (Å²) < 4.78 is 9.17. The van der Waals surface area contributed by atoms with E-state index in [9.17, 15) is 9.59 Å². The zero-order chi connectivity index (χ0) is 22.8. The van der Waals surface area contributed by atoms with Crippen LogP contribution in [0.4, 0.5) is 0 Å². The molecule has 0 saturated carbocycles. The lowest BCUT2D eigenvalue weighted by atomic mass is 10.2. The topological polar surface area (TPSA) is 94.1 Å². The smallest absolute Gasteiger partial charge is 0.268 e. The molecule has 0 fully saturated rings. The number of imidazole rings is 1. The number of carbonyl (C=O) groups excluding carboxylic acids is 2. The molecule has 166 valence electrons. The van der Waals surface area contributed by atoms with Crippen LogP contribution in [-0.4, -0.2) is 32.5 Å². The first-order valence-electron chi connectivity index (χ1n) is 10.7. The van der Waals surface area contributed by atoms with Crippen LogP contribution in [-0.2, 0) is 24.9 Å². The van der Waals surface area contributed by atoms with Crippen LogP contribution in [0.25, 0.3) is 22.1 Å². The van der Waals surface area contributed by atoms with Crippen LogP contribution in [0.2, 0.25) is 0 Å². The summed E-state index contributed by atoms with van der Waals surface area (Å²) in [6.07, 6.45) is 1.57. The lowest BCUT2D eigenvalue weighted by molar-refractivity contribution is -0.120. The number of amides is 2. The summed E-state index contributed by atoms with van der Waals surface area (Å²) in [6.45, 7) is 0.773. The number of para-hydroxylation sites is 2. The highest BCUT2D eigenvalue weighted by Gasteiger charge is 2.16. The average Bonchev–Trinajstić information content (AvgIpc) is 3.52. The van der Waals surface area contributed by atoms with E-state index in [1.807, 2.05) is 42.5 Å². The first-order valence-corrected chi connectivity index (χ1v) is 10.7. The number of carbonyl (C=O) groups is 2. The van der Waals surface area contributed by atoms with E-state index in [4.69, 9.17) is 9.40 Å². The molecule has 33 heavy (non-hydrogen) atoms. The van der Waals surface area contributed by atoms with E-state index < -0.39 is 0 Å². The van der Waals surface area contributed by atoms with Gasteiger partial charge in [0, 0.05) is 25.7 Å². The SMILES string of the molecule is Cn1c(C(=O)NCC(=O)NCc2nc3ccccc3n2Cc2ccccc2)cc2occc21. The van der Waals surface area contributed by atoms with E-state index >= 15 is 0 Å². The minimum atomic E-state index is -0.338. The maximum absolute atomic E-state index is 12.5. The number of hydrogen-bond acceptors (Lipinski definition) is 4. The summed E-state index contributed by atoms with van der Waals surface area (Å²) in [5.74, 6) is 0.123. The van der Waals surface area contributed by atoms with Gasteiger partial charge < -0.3 is 24.2 Å².